The SMILES string of the molecule is O=C(CSc1nnnn1C1CCCCC1)N1CCN(S(=O)(=O)Cc2ccccc2)CC1. The van der Waals surface area contributed by atoms with Crippen LogP contribution < -0.4 is 0 Å². The van der Waals surface area contributed by atoms with E-state index in [1.165, 1.54) is 35.3 Å². The fraction of sp³-hybridized carbons (Fsp3) is 0.600. The second-order valence-corrected chi connectivity index (χ2v) is 10.9. The predicted octanol–water partition coefficient (Wildman–Crippen LogP) is 1.94. The van der Waals surface area contributed by atoms with Gasteiger partial charge in [-0.1, -0.05) is 61.4 Å². The van der Waals surface area contributed by atoms with Gasteiger partial charge in [-0.3, -0.25) is 4.79 Å². The molecule has 1 saturated heterocycles. The fourth-order valence-corrected chi connectivity index (χ4v) is 6.51. The molecule has 168 valence electrons. The van der Waals surface area contributed by atoms with Gasteiger partial charge in [0.05, 0.1) is 17.5 Å². The van der Waals surface area contributed by atoms with Gasteiger partial charge in [0, 0.05) is 26.2 Å². The molecule has 1 aromatic heterocycles. The highest BCUT2D eigenvalue weighted by atomic mass is 32.2. The Bertz CT molecular complexity index is 968. The van der Waals surface area contributed by atoms with E-state index < -0.39 is 10.0 Å². The van der Waals surface area contributed by atoms with Gasteiger partial charge in [-0.15, -0.1) is 5.10 Å². The Morgan fingerprint density at radius 3 is 2.45 bits per heavy atom. The molecule has 0 N–H and O–H groups in total. The minimum atomic E-state index is -3.39. The lowest BCUT2D eigenvalue weighted by Gasteiger charge is -2.34. The summed E-state index contributed by atoms with van der Waals surface area (Å²) in [7, 11) is -3.39. The average Bonchev–Trinajstić information content (AvgIpc) is 3.27. The molecule has 2 fully saturated rings. The van der Waals surface area contributed by atoms with Crippen LogP contribution in [0.2, 0.25) is 0 Å². The van der Waals surface area contributed by atoms with Crippen LogP contribution in [0.5, 0.6) is 0 Å². The monoisotopic (exact) mass is 464 g/mol. The highest BCUT2D eigenvalue weighted by Gasteiger charge is 2.29. The number of aromatic nitrogens is 4. The summed E-state index contributed by atoms with van der Waals surface area (Å²) < 4.78 is 28.7. The van der Waals surface area contributed by atoms with E-state index in [0.717, 1.165) is 18.4 Å². The molecule has 0 atom stereocenters. The van der Waals surface area contributed by atoms with Crippen molar-refractivity contribution in [1.82, 2.24) is 29.4 Å². The van der Waals surface area contributed by atoms with Crippen LogP contribution in [0.25, 0.3) is 0 Å². The van der Waals surface area contributed by atoms with E-state index in [0.29, 0.717) is 37.4 Å². The highest BCUT2D eigenvalue weighted by molar-refractivity contribution is 7.99. The number of hydrogen-bond donors (Lipinski definition) is 0. The molecule has 0 unspecified atom stereocenters. The molecule has 1 aromatic carbocycles. The van der Waals surface area contributed by atoms with Gasteiger partial charge < -0.3 is 4.90 Å². The third-order valence-electron chi connectivity index (χ3n) is 5.88. The van der Waals surface area contributed by atoms with Gasteiger partial charge in [-0.2, -0.15) is 4.31 Å². The van der Waals surface area contributed by atoms with Crippen molar-refractivity contribution in [3.63, 3.8) is 0 Å². The number of carbonyl (C=O) groups excluding carboxylic acids is 1. The number of tetrazole rings is 1. The maximum Gasteiger partial charge on any atom is 0.233 e. The van der Waals surface area contributed by atoms with Crippen LogP contribution in [-0.2, 0) is 20.6 Å². The minimum absolute atomic E-state index is 0.0108. The smallest absolute Gasteiger partial charge is 0.233 e. The van der Waals surface area contributed by atoms with Crippen LogP contribution in [0.3, 0.4) is 0 Å². The maximum atomic E-state index is 12.7. The standard InChI is InChI=1S/C20H28N6O3S2/c27-19(15-30-20-21-22-23-26(20)18-9-5-2-6-10-18)24-11-13-25(14-12-24)31(28,29)16-17-7-3-1-4-8-17/h1,3-4,7-8,18H,2,5-6,9-16H2. The van der Waals surface area contributed by atoms with Gasteiger partial charge in [0.1, 0.15) is 0 Å². The highest BCUT2D eigenvalue weighted by Crippen LogP contribution is 2.30. The molecule has 0 spiro atoms. The van der Waals surface area contributed by atoms with Gasteiger partial charge in [0.25, 0.3) is 0 Å². The number of amides is 1. The molecule has 1 aliphatic carbocycles. The lowest BCUT2D eigenvalue weighted by Crippen LogP contribution is -2.51. The molecule has 1 saturated carbocycles. The van der Waals surface area contributed by atoms with Crippen molar-refractivity contribution in [3.05, 3.63) is 35.9 Å². The van der Waals surface area contributed by atoms with E-state index in [9.17, 15) is 13.2 Å². The van der Waals surface area contributed by atoms with E-state index in [-0.39, 0.29) is 17.4 Å². The molecule has 0 bridgehead atoms. The minimum Gasteiger partial charge on any atom is -0.339 e. The molecule has 2 aromatic rings. The first-order valence-corrected chi connectivity index (χ1v) is 13.3. The number of benzene rings is 1. The number of rotatable bonds is 7. The van der Waals surface area contributed by atoms with Gasteiger partial charge in [0.2, 0.25) is 21.1 Å². The molecule has 1 aliphatic heterocycles. The first-order chi connectivity index (χ1) is 15.0. The van der Waals surface area contributed by atoms with Crippen molar-refractivity contribution in [1.29, 1.82) is 0 Å². The van der Waals surface area contributed by atoms with Crippen LogP contribution in [0.4, 0.5) is 0 Å². The fourth-order valence-electron chi connectivity index (χ4n) is 4.14. The van der Waals surface area contributed by atoms with E-state index in [2.05, 4.69) is 15.5 Å². The summed E-state index contributed by atoms with van der Waals surface area (Å²) in [6.07, 6.45) is 5.78. The number of hydrogen-bond acceptors (Lipinski definition) is 7. The van der Waals surface area contributed by atoms with Crippen molar-refractivity contribution < 1.29 is 13.2 Å². The second-order valence-electron chi connectivity index (χ2n) is 8.01. The summed E-state index contributed by atoms with van der Waals surface area (Å²) in [4.78, 5) is 14.4. The largest absolute Gasteiger partial charge is 0.339 e. The topological polar surface area (TPSA) is 101 Å². The van der Waals surface area contributed by atoms with Crippen molar-refractivity contribution in [2.24, 2.45) is 0 Å². The quantitative estimate of drug-likeness (QED) is 0.577. The van der Waals surface area contributed by atoms with E-state index in [1.807, 2.05) is 35.0 Å². The molecule has 4 rings (SSSR count). The molecule has 31 heavy (non-hydrogen) atoms. The number of sulfonamides is 1. The number of thioether (sulfide) groups is 1. The third-order valence-corrected chi connectivity index (χ3v) is 8.65. The summed E-state index contributed by atoms with van der Waals surface area (Å²) in [6.45, 7) is 1.46. The van der Waals surface area contributed by atoms with Gasteiger partial charge >= 0.3 is 0 Å². The molecule has 9 nitrogen and oxygen atoms in total. The Balaban J connectivity index is 1.27. The van der Waals surface area contributed by atoms with Crippen LogP contribution in [0.15, 0.2) is 35.5 Å². The molecular weight excluding hydrogens is 436 g/mol. The summed E-state index contributed by atoms with van der Waals surface area (Å²) in [5.41, 5.74) is 0.771. The third kappa shape index (κ3) is 5.64. The zero-order valence-corrected chi connectivity index (χ0v) is 19.1. The molecule has 2 heterocycles. The maximum absolute atomic E-state index is 12.7. The van der Waals surface area contributed by atoms with Crippen LogP contribution in [0.1, 0.15) is 43.7 Å². The summed E-state index contributed by atoms with van der Waals surface area (Å²) in [6, 6.07) is 9.49. The average molecular weight is 465 g/mol. The van der Waals surface area contributed by atoms with Crippen molar-refractivity contribution >= 4 is 27.7 Å². The normalized spacial score (nSPS) is 18.9. The zero-order chi connectivity index (χ0) is 21.7. The van der Waals surface area contributed by atoms with Crippen LogP contribution in [0, 0.1) is 0 Å². The van der Waals surface area contributed by atoms with Crippen molar-refractivity contribution in [3.8, 4) is 0 Å². The summed E-state index contributed by atoms with van der Waals surface area (Å²) >= 11 is 1.36. The van der Waals surface area contributed by atoms with Crippen LogP contribution >= 0.6 is 11.8 Å². The molecule has 11 heteroatoms. The van der Waals surface area contributed by atoms with E-state index in [4.69, 9.17) is 0 Å². The Hall–Kier alpha value is -1.98. The molecule has 2 aliphatic rings. The van der Waals surface area contributed by atoms with Crippen LogP contribution in [-0.4, -0.2) is 75.7 Å². The number of carbonyl (C=O) groups is 1. The van der Waals surface area contributed by atoms with Crippen molar-refractivity contribution in [2.75, 3.05) is 31.9 Å². The Labute approximate surface area is 187 Å². The Kier molecular flexibility index (Phi) is 7.24. The second kappa shape index (κ2) is 10.1. The summed E-state index contributed by atoms with van der Waals surface area (Å²) in [5, 5.41) is 12.7. The van der Waals surface area contributed by atoms with Crippen molar-refractivity contribution in [2.45, 2.75) is 49.1 Å². The molecule has 0 radical (unpaired) electrons. The lowest BCUT2D eigenvalue weighted by atomic mass is 9.96. The molecule has 1 amide bonds. The summed E-state index contributed by atoms with van der Waals surface area (Å²) in [5.74, 6) is 0.231. The zero-order valence-electron chi connectivity index (χ0n) is 17.5. The van der Waals surface area contributed by atoms with Gasteiger partial charge in [-0.25, -0.2) is 13.1 Å². The number of piperazine rings is 1. The van der Waals surface area contributed by atoms with Gasteiger partial charge in [-0.05, 0) is 28.8 Å². The van der Waals surface area contributed by atoms with E-state index in [1.54, 1.807) is 4.90 Å². The Morgan fingerprint density at radius 1 is 1.03 bits per heavy atom. The molecular formula is C20H28N6O3S2. The Morgan fingerprint density at radius 2 is 1.74 bits per heavy atom. The number of nitrogens with zero attached hydrogens (tertiary/aromatic N) is 6. The first-order valence-electron chi connectivity index (χ1n) is 10.7. The predicted molar refractivity (Wildman–Crippen MR) is 118 cm³/mol. The van der Waals surface area contributed by atoms with Gasteiger partial charge in [0.15, 0.2) is 0 Å². The lowest BCUT2D eigenvalue weighted by molar-refractivity contribution is -0.129. The first kappa shape index (κ1) is 22.2. The van der Waals surface area contributed by atoms with E-state index >= 15 is 0 Å².